The van der Waals surface area contributed by atoms with Crippen LogP contribution in [0.5, 0.6) is 0 Å². The highest BCUT2D eigenvalue weighted by atomic mass is 19.1. The Morgan fingerprint density at radius 1 is 1.59 bits per heavy atom. The van der Waals surface area contributed by atoms with E-state index in [9.17, 15) is 14.0 Å². The van der Waals surface area contributed by atoms with Gasteiger partial charge in [0.15, 0.2) is 5.82 Å². The lowest BCUT2D eigenvalue weighted by Gasteiger charge is -2.14. The number of rotatable bonds is 5. The number of hydrogen-bond acceptors (Lipinski definition) is 3. The minimum Gasteiger partial charge on any atom is -0.481 e. The highest BCUT2D eigenvalue weighted by Gasteiger charge is 2.17. The van der Waals surface area contributed by atoms with Crippen LogP contribution < -0.4 is 5.32 Å². The summed E-state index contributed by atoms with van der Waals surface area (Å²) in [7, 11) is 0. The lowest BCUT2D eigenvalue weighted by molar-refractivity contribution is -0.137. The maximum Gasteiger partial charge on any atom is 0.305 e. The molecule has 0 saturated heterocycles. The third-order valence-electron chi connectivity index (χ3n) is 2.27. The highest BCUT2D eigenvalue weighted by molar-refractivity contribution is 5.94. The fraction of sp³-hybridized carbons (Fsp3) is 0.364. The molecule has 1 rings (SSSR count). The molecule has 0 aliphatic carbocycles. The van der Waals surface area contributed by atoms with Crippen LogP contribution in [0, 0.1) is 5.82 Å². The minimum absolute atomic E-state index is 0.135. The molecule has 0 aliphatic heterocycles. The number of carbonyl (C=O) groups excluding carboxylic acids is 1. The molecule has 0 fully saturated rings. The van der Waals surface area contributed by atoms with E-state index in [0.29, 0.717) is 6.42 Å². The molecule has 5 nitrogen and oxygen atoms in total. The Bertz CT molecular complexity index is 423. The Balaban J connectivity index is 2.71. The Morgan fingerprint density at radius 2 is 2.29 bits per heavy atom. The smallest absolute Gasteiger partial charge is 0.305 e. The Labute approximate surface area is 97.7 Å². The van der Waals surface area contributed by atoms with Crippen LogP contribution in [-0.4, -0.2) is 28.0 Å². The zero-order chi connectivity index (χ0) is 12.8. The third kappa shape index (κ3) is 3.82. The summed E-state index contributed by atoms with van der Waals surface area (Å²) in [5.74, 6) is -2.36. The predicted molar refractivity (Wildman–Crippen MR) is 58.0 cm³/mol. The molecule has 0 aromatic carbocycles. The number of carbonyl (C=O) groups is 2. The van der Waals surface area contributed by atoms with E-state index in [4.69, 9.17) is 5.11 Å². The van der Waals surface area contributed by atoms with Gasteiger partial charge in [0.1, 0.15) is 0 Å². The summed E-state index contributed by atoms with van der Waals surface area (Å²) in [6.45, 7) is 1.75. The second kappa shape index (κ2) is 5.93. The van der Waals surface area contributed by atoms with Gasteiger partial charge in [-0.3, -0.25) is 14.6 Å². The van der Waals surface area contributed by atoms with E-state index in [0.717, 1.165) is 6.20 Å². The number of aromatic nitrogens is 1. The molecule has 0 aliphatic rings. The van der Waals surface area contributed by atoms with Crippen molar-refractivity contribution in [1.29, 1.82) is 0 Å². The van der Waals surface area contributed by atoms with Gasteiger partial charge in [-0.15, -0.1) is 0 Å². The summed E-state index contributed by atoms with van der Waals surface area (Å²) in [5, 5.41) is 11.1. The normalized spacial score (nSPS) is 11.9. The van der Waals surface area contributed by atoms with E-state index >= 15 is 0 Å². The van der Waals surface area contributed by atoms with Gasteiger partial charge in [-0.25, -0.2) is 4.39 Å². The van der Waals surface area contributed by atoms with Crippen molar-refractivity contribution in [3.05, 3.63) is 29.8 Å². The number of pyridine rings is 1. The van der Waals surface area contributed by atoms with Crippen molar-refractivity contribution in [2.75, 3.05) is 0 Å². The summed E-state index contributed by atoms with van der Waals surface area (Å²) in [5.41, 5.74) is -0.135. The first kappa shape index (κ1) is 13.1. The van der Waals surface area contributed by atoms with E-state index < -0.39 is 23.7 Å². The fourth-order valence-corrected chi connectivity index (χ4v) is 1.33. The lowest BCUT2D eigenvalue weighted by atomic mass is 10.1. The first-order valence-electron chi connectivity index (χ1n) is 5.16. The minimum atomic E-state index is -1.01. The van der Waals surface area contributed by atoms with Gasteiger partial charge in [0.2, 0.25) is 0 Å². The van der Waals surface area contributed by atoms with Crippen molar-refractivity contribution in [2.24, 2.45) is 0 Å². The van der Waals surface area contributed by atoms with Crippen LogP contribution in [0.3, 0.4) is 0 Å². The van der Waals surface area contributed by atoms with Crippen molar-refractivity contribution < 1.29 is 19.1 Å². The van der Waals surface area contributed by atoms with Gasteiger partial charge in [-0.1, -0.05) is 6.92 Å². The monoisotopic (exact) mass is 240 g/mol. The van der Waals surface area contributed by atoms with Gasteiger partial charge in [0.05, 0.1) is 18.2 Å². The molecule has 1 atom stereocenters. The Morgan fingerprint density at radius 3 is 2.82 bits per heavy atom. The molecule has 1 aromatic heterocycles. The van der Waals surface area contributed by atoms with Gasteiger partial charge in [0.25, 0.3) is 5.91 Å². The molecule has 0 bridgehead atoms. The molecule has 0 radical (unpaired) electrons. The van der Waals surface area contributed by atoms with Crippen molar-refractivity contribution in [3.8, 4) is 0 Å². The van der Waals surface area contributed by atoms with Crippen LogP contribution in [0.4, 0.5) is 4.39 Å². The first-order valence-corrected chi connectivity index (χ1v) is 5.16. The van der Waals surface area contributed by atoms with Crippen LogP contribution >= 0.6 is 0 Å². The van der Waals surface area contributed by atoms with E-state index in [1.54, 1.807) is 6.92 Å². The molecule has 92 valence electrons. The van der Waals surface area contributed by atoms with E-state index in [2.05, 4.69) is 10.3 Å². The number of hydrogen-bond donors (Lipinski definition) is 2. The number of carboxylic acid groups (broad SMARTS) is 1. The maximum atomic E-state index is 13.2. The predicted octanol–water partition coefficient (Wildman–Crippen LogP) is 1.20. The molecule has 1 amide bonds. The average Bonchev–Trinajstić information content (AvgIpc) is 2.27. The SMILES string of the molecule is CCC(CC(=O)O)NC(=O)c1ccncc1F. The molecular formula is C11H13FN2O3. The van der Waals surface area contributed by atoms with Gasteiger partial charge in [-0.05, 0) is 12.5 Å². The Hall–Kier alpha value is -1.98. The van der Waals surface area contributed by atoms with Crippen molar-refractivity contribution >= 4 is 11.9 Å². The number of nitrogens with zero attached hydrogens (tertiary/aromatic N) is 1. The second-order valence-corrected chi connectivity index (χ2v) is 3.53. The first-order chi connectivity index (χ1) is 8.04. The third-order valence-corrected chi connectivity index (χ3v) is 2.27. The van der Waals surface area contributed by atoms with E-state index in [1.807, 2.05) is 0 Å². The maximum absolute atomic E-state index is 13.2. The zero-order valence-corrected chi connectivity index (χ0v) is 9.31. The van der Waals surface area contributed by atoms with Crippen LogP contribution in [0.15, 0.2) is 18.5 Å². The molecule has 0 saturated carbocycles. The van der Waals surface area contributed by atoms with Crippen molar-refractivity contribution in [1.82, 2.24) is 10.3 Å². The number of amides is 1. The summed E-state index contributed by atoms with van der Waals surface area (Å²) in [4.78, 5) is 25.7. The number of nitrogens with one attached hydrogen (secondary N) is 1. The largest absolute Gasteiger partial charge is 0.481 e. The van der Waals surface area contributed by atoms with E-state index in [-0.39, 0.29) is 12.0 Å². The molecule has 2 N–H and O–H groups in total. The van der Waals surface area contributed by atoms with Crippen LogP contribution in [0.1, 0.15) is 30.1 Å². The summed E-state index contributed by atoms with van der Waals surface area (Å²) >= 11 is 0. The lowest BCUT2D eigenvalue weighted by Crippen LogP contribution is -2.36. The number of halogens is 1. The molecule has 6 heteroatoms. The summed E-state index contributed by atoms with van der Waals surface area (Å²) in [6.07, 6.45) is 2.52. The van der Waals surface area contributed by atoms with Gasteiger partial charge >= 0.3 is 5.97 Å². The van der Waals surface area contributed by atoms with Crippen molar-refractivity contribution in [2.45, 2.75) is 25.8 Å². The second-order valence-electron chi connectivity index (χ2n) is 3.53. The van der Waals surface area contributed by atoms with Crippen molar-refractivity contribution in [3.63, 3.8) is 0 Å². The van der Waals surface area contributed by atoms with Gasteiger partial charge in [-0.2, -0.15) is 0 Å². The topological polar surface area (TPSA) is 79.3 Å². The molecule has 0 spiro atoms. The van der Waals surface area contributed by atoms with Crippen LogP contribution in [0.25, 0.3) is 0 Å². The quantitative estimate of drug-likeness (QED) is 0.810. The molecule has 1 unspecified atom stereocenters. The average molecular weight is 240 g/mol. The molecule has 1 heterocycles. The standard InChI is InChI=1S/C11H13FN2O3/c1-2-7(5-10(15)16)14-11(17)8-3-4-13-6-9(8)12/h3-4,6-7H,2,5H2,1H3,(H,14,17)(H,15,16). The fourth-order valence-electron chi connectivity index (χ4n) is 1.33. The zero-order valence-electron chi connectivity index (χ0n) is 9.31. The van der Waals surface area contributed by atoms with Crippen LogP contribution in [-0.2, 0) is 4.79 Å². The van der Waals surface area contributed by atoms with E-state index in [1.165, 1.54) is 12.3 Å². The highest BCUT2D eigenvalue weighted by Crippen LogP contribution is 2.06. The number of carboxylic acids is 1. The van der Waals surface area contributed by atoms with Crippen LogP contribution in [0.2, 0.25) is 0 Å². The van der Waals surface area contributed by atoms with Gasteiger partial charge < -0.3 is 10.4 Å². The molecular weight excluding hydrogens is 227 g/mol. The molecule has 1 aromatic rings. The summed E-state index contributed by atoms with van der Waals surface area (Å²) in [6, 6.07) is 0.741. The summed E-state index contributed by atoms with van der Waals surface area (Å²) < 4.78 is 13.2. The van der Waals surface area contributed by atoms with Gasteiger partial charge in [0, 0.05) is 12.2 Å². The molecule has 17 heavy (non-hydrogen) atoms. The number of aliphatic carboxylic acids is 1. The Kier molecular flexibility index (Phi) is 4.56.